The van der Waals surface area contributed by atoms with Gasteiger partial charge in [-0.25, -0.2) is 4.39 Å². The van der Waals surface area contributed by atoms with Gasteiger partial charge in [-0.3, -0.25) is 4.90 Å². The Labute approximate surface area is 115 Å². The van der Waals surface area contributed by atoms with Crippen LogP contribution in [0.25, 0.3) is 0 Å². The van der Waals surface area contributed by atoms with Crippen molar-refractivity contribution in [1.29, 1.82) is 0 Å². The highest BCUT2D eigenvalue weighted by Gasteiger charge is 2.35. The summed E-state index contributed by atoms with van der Waals surface area (Å²) in [5, 5.41) is 10.6. The summed E-state index contributed by atoms with van der Waals surface area (Å²) >= 11 is 0. The van der Waals surface area contributed by atoms with E-state index in [9.17, 15) is 9.50 Å². The highest BCUT2D eigenvalue weighted by molar-refractivity contribution is 5.21. The zero-order valence-corrected chi connectivity index (χ0v) is 11.9. The number of aliphatic hydroxyl groups excluding tert-OH is 1. The lowest BCUT2D eigenvalue weighted by Gasteiger charge is -2.41. The molecule has 0 spiro atoms. The highest BCUT2D eigenvalue weighted by atomic mass is 19.1. The first-order valence-corrected chi connectivity index (χ1v) is 7.20. The van der Waals surface area contributed by atoms with Crippen molar-refractivity contribution in [2.45, 2.75) is 51.2 Å². The molecule has 3 heteroatoms. The molecule has 1 aliphatic heterocycles. The largest absolute Gasteiger partial charge is 0.386 e. The maximum Gasteiger partial charge on any atom is 0.123 e. The molecule has 1 unspecified atom stereocenters. The molecule has 0 amide bonds. The van der Waals surface area contributed by atoms with Crippen LogP contribution in [0.4, 0.5) is 4.39 Å². The van der Waals surface area contributed by atoms with Crippen LogP contribution in [-0.4, -0.2) is 28.6 Å². The molecule has 2 nitrogen and oxygen atoms in total. The molecular weight excluding hydrogens is 241 g/mol. The Hall–Kier alpha value is -0.930. The molecule has 0 radical (unpaired) electrons. The molecular formula is C16H24FNO. The molecule has 1 heterocycles. The van der Waals surface area contributed by atoms with E-state index in [-0.39, 0.29) is 11.4 Å². The van der Waals surface area contributed by atoms with Crippen LogP contribution in [0.15, 0.2) is 24.3 Å². The average molecular weight is 265 g/mol. The monoisotopic (exact) mass is 265 g/mol. The summed E-state index contributed by atoms with van der Waals surface area (Å²) in [4.78, 5) is 2.34. The van der Waals surface area contributed by atoms with Crippen LogP contribution in [0, 0.1) is 5.82 Å². The summed E-state index contributed by atoms with van der Waals surface area (Å²) in [5.74, 6) is -0.289. The van der Waals surface area contributed by atoms with Crippen molar-refractivity contribution in [3.8, 4) is 0 Å². The van der Waals surface area contributed by atoms with Gasteiger partial charge in [0, 0.05) is 5.54 Å². The third kappa shape index (κ3) is 3.34. The Bertz CT molecular complexity index is 411. The van der Waals surface area contributed by atoms with Gasteiger partial charge in [0.2, 0.25) is 0 Å². The minimum atomic E-state index is -0.665. The van der Waals surface area contributed by atoms with Gasteiger partial charge < -0.3 is 5.11 Å². The SMILES string of the molecule is CC(C)(C(O)c1cccc(F)c1)N1CCCCCC1. The molecule has 0 aliphatic carbocycles. The standard InChI is InChI=1S/C16H24FNO/c1-16(2,18-10-5-3-4-6-11-18)15(19)13-8-7-9-14(17)12-13/h7-9,12,15,19H,3-6,10-11H2,1-2H3. The third-order valence-electron chi connectivity index (χ3n) is 4.25. The topological polar surface area (TPSA) is 23.5 Å². The van der Waals surface area contributed by atoms with Crippen LogP contribution in [0.5, 0.6) is 0 Å². The van der Waals surface area contributed by atoms with Crippen molar-refractivity contribution >= 4 is 0 Å². The zero-order chi connectivity index (χ0) is 13.9. The van der Waals surface area contributed by atoms with Crippen LogP contribution in [0.2, 0.25) is 0 Å². The fraction of sp³-hybridized carbons (Fsp3) is 0.625. The fourth-order valence-corrected chi connectivity index (χ4v) is 2.90. The number of likely N-dealkylation sites (tertiary alicyclic amines) is 1. The fourth-order valence-electron chi connectivity index (χ4n) is 2.90. The second kappa shape index (κ2) is 6.02. The normalized spacial score (nSPS) is 20.0. The first-order chi connectivity index (χ1) is 9.01. The number of halogens is 1. The van der Waals surface area contributed by atoms with Gasteiger partial charge in [-0.1, -0.05) is 25.0 Å². The number of nitrogens with zero attached hydrogens (tertiary/aromatic N) is 1. The van der Waals surface area contributed by atoms with Gasteiger partial charge in [0.1, 0.15) is 5.82 Å². The second-order valence-electron chi connectivity index (χ2n) is 6.01. The van der Waals surface area contributed by atoms with Crippen molar-refractivity contribution in [2.75, 3.05) is 13.1 Å². The first-order valence-electron chi connectivity index (χ1n) is 7.20. The van der Waals surface area contributed by atoms with Gasteiger partial charge in [-0.15, -0.1) is 0 Å². The molecule has 1 aliphatic rings. The van der Waals surface area contributed by atoms with Crippen LogP contribution < -0.4 is 0 Å². The second-order valence-corrected chi connectivity index (χ2v) is 6.01. The molecule has 1 fully saturated rings. The summed E-state index contributed by atoms with van der Waals surface area (Å²) in [6, 6.07) is 6.30. The predicted octanol–water partition coefficient (Wildman–Crippen LogP) is 3.51. The number of hydrogen-bond donors (Lipinski definition) is 1. The lowest BCUT2D eigenvalue weighted by Crippen LogP contribution is -2.48. The van der Waals surface area contributed by atoms with Gasteiger partial charge in [0.25, 0.3) is 0 Å². The number of aliphatic hydroxyl groups is 1. The van der Waals surface area contributed by atoms with E-state index in [0.29, 0.717) is 5.56 Å². The Morgan fingerprint density at radius 3 is 2.37 bits per heavy atom. The lowest BCUT2D eigenvalue weighted by molar-refractivity contribution is -0.0101. The van der Waals surface area contributed by atoms with E-state index in [2.05, 4.69) is 4.90 Å². The van der Waals surface area contributed by atoms with Gasteiger partial charge in [-0.2, -0.15) is 0 Å². The van der Waals surface area contributed by atoms with Crippen molar-refractivity contribution in [3.05, 3.63) is 35.6 Å². The molecule has 0 aromatic heterocycles. The Balaban J connectivity index is 2.17. The van der Waals surface area contributed by atoms with E-state index < -0.39 is 6.10 Å². The summed E-state index contributed by atoms with van der Waals surface area (Å²) in [7, 11) is 0. The molecule has 1 aromatic carbocycles. The van der Waals surface area contributed by atoms with Crippen molar-refractivity contribution in [2.24, 2.45) is 0 Å². The molecule has 2 rings (SSSR count). The van der Waals surface area contributed by atoms with E-state index in [1.165, 1.54) is 37.8 Å². The molecule has 19 heavy (non-hydrogen) atoms. The summed E-state index contributed by atoms with van der Waals surface area (Å²) in [6.07, 6.45) is 4.23. The number of rotatable bonds is 3. The lowest BCUT2D eigenvalue weighted by atomic mass is 9.89. The Morgan fingerprint density at radius 2 is 1.79 bits per heavy atom. The molecule has 0 saturated carbocycles. The minimum Gasteiger partial charge on any atom is -0.386 e. The molecule has 1 atom stereocenters. The van der Waals surface area contributed by atoms with Gasteiger partial charge >= 0.3 is 0 Å². The summed E-state index contributed by atoms with van der Waals surface area (Å²) in [5.41, 5.74) is 0.298. The number of benzene rings is 1. The Kier molecular flexibility index (Phi) is 4.58. The van der Waals surface area contributed by atoms with E-state index in [4.69, 9.17) is 0 Å². The highest BCUT2D eigenvalue weighted by Crippen LogP contribution is 2.32. The Morgan fingerprint density at radius 1 is 1.16 bits per heavy atom. The maximum atomic E-state index is 13.3. The molecule has 0 bridgehead atoms. The van der Waals surface area contributed by atoms with Gasteiger partial charge in [0.05, 0.1) is 6.10 Å². The van der Waals surface area contributed by atoms with E-state index in [1.807, 2.05) is 13.8 Å². The smallest absolute Gasteiger partial charge is 0.123 e. The molecule has 1 N–H and O–H groups in total. The maximum absolute atomic E-state index is 13.3. The zero-order valence-electron chi connectivity index (χ0n) is 11.9. The van der Waals surface area contributed by atoms with Crippen LogP contribution >= 0.6 is 0 Å². The minimum absolute atomic E-state index is 0.289. The molecule has 106 valence electrons. The average Bonchev–Trinajstić information content (AvgIpc) is 2.67. The van der Waals surface area contributed by atoms with Crippen LogP contribution in [0.3, 0.4) is 0 Å². The quantitative estimate of drug-likeness (QED) is 0.904. The van der Waals surface area contributed by atoms with Gasteiger partial charge in [0.15, 0.2) is 0 Å². The first kappa shape index (κ1) is 14.5. The predicted molar refractivity (Wildman–Crippen MR) is 75.5 cm³/mol. The van der Waals surface area contributed by atoms with E-state index in [1.54, 1.807) is 12.1 Å². The van der Waals surface area contributed by atoms with Crippen molar-refractivity contribution < 1.29 is 9.50 Å². The molecule has 1 aromatic rings. The van der Waals surface area contributed by atoms with Crippen LogP contribution in [0.1, 0.15) is 51.2 Å². The molecule has 1 saturated heterocycles. The third-order valence-corrected chi connectivity index (χ3v) is 4.25. The number of hydrogen-bond acceptors (Lipinski definition) is 2. The van der Waals surface area contributed by atoms with E-state index >= 15 is 0 Å². The van der Waals surface area contributed by atoms with Crippen molar-refractivity contribution in [3.63, 3.8) is 0 Å². The summed E-state index contributed by atoms with van der Waals surface area (Å²) in [6.45, 7) is 6.13. The van der Waals surface area contributed by atoms with Crippen molar-refractivity contribution in [1.82, 2.24) is 4.90 Å². The van der Waals surface area contributed by atoms with Crippen LogP contribution in [-0.2, 0) is 0 Å². The van der Waals surface area contributed by atoms with Gasteiger partial charge in [-0.05, 0) is 57.5 Å². The summed E-state index contributed by atoms with van der Waals surface area (Å²) < 4.78 is 13.3. The van der Waals surface area contributed by atoms with E-state index in [0.717, 1.165) is 13.1 Å².